The number of carbonyl (C=O) groups excluding carboxylic acids is 3. The van der Waals surface area contributed by atoms with Crippen molar-refractivity contribution >= 4 is 28.6 Å². The molecule has 2 aliphatic carbocycles. The number of pyridine rings is 1. The van der Waals surface area contributed by atoms with Crippen LogP contribution in [0.5, 0.6) is 0 Å². The molecule has 3 fully saturated rings. The van der Waals surface area contributed by atoms with Crippen LogP contribution in [-0.2, 0) is 29.6 Å². The van der Waals surface area contributed by atoms with E-state index in [9.17, 15) is 14.4 Å². The van der Waals surface area contributed by atoms with Gasteiger partial charge in [-0.15, -0.1) is 0 Å². The number of hydrogen-bond donors (Lipinski definition) is 1. The van der Waals surface area contributed by atoms with Gasteiger partial charge < -0.3 is 4.90 Å². The average Bonchev–Trinajstić information content (AvgIpc) is 3.49. The molecule has 0 radical (unpaired) electrons. The highest BCUT2D eigenvalue weighted by Gasteiger charge is 2.39. The molecular weight excluding hydrogens is 530 g/mol. The second kappa shape index (κ2) is 9.61. The Bertz CT molecular complexity index is 1760. The van der Waals surface area contributed by atoms with Crippen molar-refractivity contribution < 1.29 is 14.4 Å². The number of amides is 3. The largest absolute Gasteiger partial charge is 0.322 e. The van der Waals surface area contributed by atoms with E-state index >= 15 is 0 Å². The number of benzene rings is 1. The fourth-order valence-corrected chi connectivity index (χ4v) is 6.95. The lowest BCUT2D eigenvalue weighted by atomic mass is 9.77. The van der Waals surface area contributed by atoms with Crippen molar-refractivity contribution in [2.45, 2.75) is 75.9 Å². The summed E-state index contributed by atoms with van der Waals surface area (Å²) in [6, 6.07) is 8.06. The molecule has 10 nitrogen and oxygen atoms in total. The molecule has 0 spiro atoms. The van der Waals surface area contributed by atoms with Gasteiger partial charge in [0.2, 0.25) is 11.8 Å². The summed E-state index contributed by atoms with van der Waals surface area (Å²) < 4.78 is 4.09. The number of nitrogens with one attached hydrogen (secondary N) is 1. The molecule has 1 saturated heterocycles. The van der Waals surface area contributed by atoms with Gasteiger partial charge >= 0.3 is 0 Å². The van der Waals surface area contributed by atoms with Crippen molar-refractivity contribution in [1.29, 1.82) is 0 Å². The molecule has 1 aromatic carbocycles. The Labute approximate surface area is 243 Å². The molecule has 214 valence electrons. The Kier molecular flexibility index (Phi) is 5.80. The predicted octanol–water partition coefficient (Wildman–Crippen LogP) is 4.05. The zero-order chi connectivity index (χ0) is 28.5. The molecule has 42 heavy (non-hydrogen) atoms. The topological polar surface area (TPSA) is 115 Å². The minimum absolute atomic E-state index is 0.118. The van der Waals surface area contributed by atoms with Crippen molar-refractivity contribution in [3.8, 4) is 11.3 Å². The van der Waals surface area contributed by atoms with Gasteiger partial charge in [-0.1, -0.05) is 12.1 Å². The first-order chi connectivity index (χ1) is 20.4. The van der Waals surface area contributed by atoms with Crippen LogP contribution >= 0.6 is 0 Å². The molecule has 8 rings (SSSR count). The van der Waals surface area contributed by atoms with Crippen LogP contribution in [0.25, 0.3) is 22.2 Å². The summed E-state index contributed by atoms with van der Waals surface area (Å²) in [5, 5.41) is 12.9. The van der Waals surface area contributed by atoms with Gasteiger partial charge in [0.25, 0.3) is 5.91 Å². The molecule has 2 aliphatic heterocycles. The van der Waals surface area contributed by atoms with E-state index in [1.165, 1.54) is 24.1 Å². The van der Waals surface area contributed by atoms with E-state index in [1.807, 2.05) is 30.2 Å². The van der Waals surface area contributed by atoms with E-state index in [4.69, 9.17) is 10.1 Å². The Morgan fingerprint density at radius 3 is 2.69 bits per heavy atom. The van der Waals surface area contributed by atoms with Gasteiger partial charge in [-0.3, -0.25) is 34.0 Å². The highest BCUT2D eigenvalue weighted by atomic mass is 16.2. The monoisotopic (exact) mass is 563 g/mol. The number of nitrogens with zero attached hydrogens (tertiary/aromatic N) is 6. The van der Waals surface area contributed by atoms with E-state index in [2.05, 4.69) is 39.5 Å². The van der Waals surface area contributed by atoms with Crippen molar-refractivity contribution in [3.63, 3.8) is 0 Å². The van der Waals surface area contributed by atoms with Crippen LogP contribution < -0.4 is 5.32 Å². The number of aromatic nitrogens is 5. The predicted molar refractivity (Wildman–Crippen MR) is 154 cm³/mol. The molecule has 10 heteroatoms. The van der Waals surface area contributed by atoms with Crippen molar-refractivity contribution in [2.75, 3.05) is 0 Å². The fraction of sp³-hybridized carbons (Fsp3) is 0.438. The minimum atomic E-state index is -0.574. The van der Waals surface area contributed by atoms with E-state index < -0.39 is 6.04 Å². The number of hydrogen-bond acceptors (Lipinski definition) is 6. The van der Waals surface area contributed by atoms with Crippen molar-refractivity contribution in [1.82, 2.24) is 34.8 Å². The first-order valence-corrected chi connectivity index (χ1v) is 15.0. The SMILES string of the molecule is Cn1ncc2cnc(-c3cn([C@H]4C[C@H](CCc5ccc6c(c5)CN(C5CCC(=O)NC5=O)C6=O)C4)nc3C3CC3)cc21. The summed E-state index contributed by atoms with van der Waals surface area (Å²) in [5.74, 6) is 0.431. The average molecular weight is 564 g/mol. The Morgan fingerprint density at radius 1 is 1.02 bits per heavy atom. The summed E-state index contributed by atoms with van der Waals surface area (Å²) in [6.07, 6.45) is 13.3. The van der Waals surface area contributed by atoms with Crippen LogP contribution in [-0.4, -0.2) is 53.2 Å². The van der Waals surface area contributed by atoms with Crippen LogP contribution in [0, 0.1) is 5.92 Å². The van der Waals surface area contributed by atoms with Gasteiger partial charge in [0.15, 0.2) is 0 Å². The van der Waals surface area contributed by atoms with E-state index in [0.29, 0.717) is 36.4 Å². The third kappa shape index (κ3) is 4.31. The number of carbonyl (C=O) groups is 3. The lowest BCUT2D eigenvalue weighted by Crippen LogP contribution is -2.52. The Balaban J connectivity index is 0.910. The normalized spacial score (nSPS) is 23.8. The highest BCUT2D eigenvalue weighted by molar-refractivity contribution is 6.05. The molecule has 1 N–H and O–H groups in total. The molecule has 1 unspecified atom stereocenters. The van der Waals surface area contributed by atoms with Crippen LogP contribution in [0.2, 0.25) is 0 Å². The van der Waals surface area contributed by atoms with Crippen molar-refractivity contribution in [2.24, 2.45) is 13.0 Å². The van der Waals surface area contributed by atoms with E-state index in [1.54, 1.807) is 4.90 Å². The fourth-order valence-electron chi connectivity index (χ4n) is 6.95. The quantitative estimate of drug-likeness (QED) is 0.339. The Morgan fingerprint density at radius 2 is 1.88 bits per heavy atom. The second-order valence-corrected chi connectivity index (χ2v) is 12.5. The molecule has 3 amide bonds. The smallest absolute Gasteiger partial charge is 0.255 e. The zero-order valence-corrected chi connectivity index (χ0v) is 23.6. The van der Waals surface area contributed by atoms with Crippen LogP contribution in [0.1, 0.15) is 84.1 Å². The highest BCUT2D eigenvalue weighted by Crippen LogP contribution is 2.46. The third-order valence-electron chi connectivity index (χ3n) is 9.65. The van der Waals surface area contributed by atoms with Crippen molar-refractivity contribution in [3.05, 3.63) is 65.2 Å². The van der Waals surface area contributed by atoms with Crippen LogP contribution in [0.3, 0.4) is 0 Å². The maximum absolute atomic E-state index is 13.0. The zero-order valence-electron chi connectivity index (χ0n) is 23.6. The molecule has 1 atom stereocenters. The number of imide groups is 1. The van der Waals surface area contributed by atoms with Gasteiger partial charge in [0.1, 0.15) is 6.04 Å². The van der Waals surface area contributed by atoms with Gasteiger partial charge in [-0.05, 0) is 74.1 Å². The maximum Gasteiger partial charge on any atom is 0.255 e. The Hall–Kier alpha value is -4.34. The summed E-state index contributed by atoms with van der Waals surface area (Å²) >= 11 is 0. The van der Waals surface area contributed by atoms with Crippen LogP contribution in [0.15, 0.2) is 42.9 Å². The number of rotatable bonds is 7. The molecular formula is C32H33N7O3. The van der Waals surface area contributed by atoms with Gasteiger partial charge in [0, 0.05) is 54.8 Å². The molecule has 4 aromatic rings. The minimum Gasteiger partial charge on any atom is -0.322 e. The lowest BCUT2D eigenvalue weighted by molar-refractivity contribution is -0.136. The van der Waals surface area contributed by atoms with Crippen LogP contribution in [0.4, 0.5) is 0 Å². The maximum atomic E-state index is 13.0. The second-order valence-electron chi connectivity index (χ2n) is 12.5. The standard InChI is InChI=1S/C32H33N7O3/c1-37-28-13-26(33-14-22(28)15-34-37)25-17-39(36-30(25)20-5-6-20)23-11-19(12-23)3-2-18-4-7-24-21(10-18)16-38(32(24)42)27-8-9-29(40)35-31(27)41/h4,7,10,13-15,17,19-20,23,27H,2-3,5-6,8-9,11-12,16H2,1H3,(H,35,40,41)/t19-,23-,27?. The number of piperidine rings is 1. The molecule has 2 saturated carbocycles. The lowest BCUT2D eigenvalue weighted by Gasteiger charge is -2.35. The number of aryl methyl sites for hydroxylation is 2. The number of fused-ring (bicyclic) bond motifs is 2. The summed E-state index contributed by atoms with van der Waals surface area (Å²) in [4.78, 5) is 43.2. The first kappa shape index (κ1) is 25.4. The van der Waals surface area contributed by atoms with Gasteiger partial charge in [-0.25, -0.2) is 0 Å². The third-order valence-corrected chi connectivity index (χ3v) is 9.65. The summed E-state index contributed by atoms with van der Waals surface area (Å²) in [5.41, 5.74) is 7.27. The molecule has 0 bridgehead atoms. The first-order valence-electron chi connectivity index (χ1n) is 15.0. The van der Waals surface area contributed by atoms with Gasteiger partial charge in [0.05, 0.1) is 29.1 Å². The van der Waals surface area contributed by atoms with E-state index in [-0.39, 0.29) is 24.1 Å². The molecule has 3 aromatic heterocycles. The summed E-state index contributed by atoms with van der Waals surface area (Å²) in [7, 11) is 1.96. The van der Waals surface area contributed by atoms with E-state index in [0.717, 1.165) is 53.4 Å². The molecule has 5 heterocycles. The molecule has 4 aliphatic rings. The van der Waals surface area contributed by atoms with Gasteiger partial charge in [-0.2, -0.15) is 10.2 Å². The summed E-state index contributed by atoms with van der Waals surface area (Å²) in [6.45, 7) is 0.424.